The molecule has 23 heavy (non-hydrogen) atoms. The second-order valence-electron chi connectivity index (χ2n) is 5.69. The second kappa shape index (κ2) is 7.10. The normalized spacial score (nSPS) is 20.5. The molecule has 1 aliphatic rings. The minimum atomic E-state index is -0.272. The molecule has 0 amide bonds. The van der Waals surface area contributed by atoms with E-state index in [4.69, 9.17) is 4.74 Å². The molecule has 0 heterocycles. The number of esters is 1. The van der Waals surface area contributed by atoms with Crippen molar-refractivity contribution in [1.82, 2.24) is 0 Å². The maximum atomic E-state index is 11.6. The maximum absolute atomic E-state index is 11.6. The van der Waals surface area contributed by atoms with Crippen molar-refractivity contribution >= 4 is 5.97 Å². The predicted octanol–water partition coefficient (Wildman–Crippen LogP) is 4.96. The van der Waals surface area contributed by atoms with Crippen LogP contribution in [-0.2, 0) is 9.53 Å². The summed E-state index contributed by atoms with van der Waals surface area (Å²) < 4.78 is 5.57. The van der Waals surface area contributed by atoms with Crippen molar-refractivity contribution in [2.24, 2.45) is 0 Å². The molecule has 0 saturated heterocycles. The number of carbonyl (C=O) groups is 1. The largest absolute Gasteiger partial charge is 0.431 e. The van der Waals surface area contributed by atoms with Gasteiger partial charge in [-0.25, -0.2) is 0 Å². The highest BCUT2D eigenvalue weighted by Gasteiger charge is 2.29. The summed E-state index contributed by atoms with van der Waals surface area (Å²) in [6, 6.07) is 20.6. The lowest BCUT2D eigenvalue weighted by molar-refractivity contribution is -0.137. The van der Waals surface area contributed by atoms with Crippen LogP contribution in [0.5, 0.6) is 0 Å². The van der Waals surface area contributed by atoms with Crippen molar-refractivity contribution in [2.75, 3.05) is 0 Å². The van der Waals surface area contributed by atoms with Crippen LogP contribution in [0.15, 0.2) is 84.7 Å². The first-order chi connectivity index (χ1) is 11.3. The van der Waals surface area contributed by atoms with Crippen LogP contribution in [0.3, 0.4) is 0 Å². The Labute approximate surface area is 137 Å². The second-order valence-corrected chi connectivity index (χ2v) is 5.69. The van der Waals surface area contributed by atoms with Crippen LogP contribution in [0.1, 0.15) is 36.3 Å². The molecule has 0 fully saturated rings. The number of allylic oxidation sites excluding steroid dienone is 4. The molecule has 2 aromatic carbocycles. The lowest BCUT2D eigenvalue weighted by atomic mass is 9.80. The number of carbonyl (C=O) groups excluding carboxylic acids is 1. The van der Waals surface area contributed by atoms with Gasteiger partial charge in [0.05, 0.1) is 5.92 Å². The Morgan fingerprint density at radius 3 is 2.17 bits per heavy atom. The third-order valence-electron chi connectivity index (χ3n) is 4.07. The number of hydrogen-bond acceptors (Lipinski definition) is 2. The Hall–Kier alpha value is -2.61. The third kappa shape index (κ3) is 3.59. The maximum Gasteiger partial charge on any atom is 0.307 e. The van der Waals surface area contributed by atoms with E-state index in [2.05, 4.69) is 36.4 Å². The van der Waals surface area contributed by atoms with Gasteiger partial charge in [-0.15, -0.1) is 0 Å². The van der Waals surface area contributed by atoms with Gasteiger partial charge in [-0.3, -0.25) is 4.79 Å². The summed E-state index contributed by atoms with van der Waals surface area (Å²) in [5, 5.41) is 0. The van der Waals surface area contributed by atoms with Crippen LogP contribution in [0.4, 0.5) is 0 Å². The van der Waals surface area contributed by atoms with Gasteiger partial charge in [-0.1, -0.05) is 72.8 Å². The van der Waals surface area contributed by atoms with E-state index < -0.39 is 0 Å². The number of rotatable bonds is 3. The number of ether oxygens (including phenoxy) is 1. The zero-order valence-corrected chi connectivity index (χ0v) is 13.2. The Bertz CT molecular complexity index is 714. The van der Waals surface area contributed by atoms with Gasteiger partial charge < -0.3 is 4.74 Å². The highest BCUT2D eigenvalue weighted by molar-refractivity contribution is 5.67. The van der Waals surface area contributed by atoms with Gasteiger partial charge in [0.25, 0.3) is 0 Å². The minimum Gasteiger partial charge on any atom is -0.431 e. The first kappa shape index (κ1) is 15.3. The molecule has 0 N–H and O–H groups in total. The highest BCUT2D eigenvalue weighted by Crippen LogP contribution is 2.41. The van der Waals surface area contributed by atoms with E-state index in [-0.39, 0.29) is 17.8 Å². The lowest BCUT2D eigenvalue weighted by Gasteiger charge is -2.26. The van der Waals surface area contributed by atoms with Crippen molar-refractivity contribution in [1.29, 1.82) is 0 Å². The SMILES string of the molecule is CC(=O)OC1=CCC=C[C@H](c2ccccc2)[C@@H]1c1ccccc1. The zero-order valence-electron chi connectivity index (χ0n) is 13.2. The summed E-state index contributed by atoms with van der Waals surface area (Å²) in [6.07, 6.45) is 7.15. The Kier molecular flexibility index (Phi) is 4.72. The Morgan fingerprint density at radius 2 is 1.57 bits per heavy atom. The van der Waals surface area contributed by atoms with E-state index >= 15 is 0 Å². The molecule has 0 aliphatic heterocycles. The van der Waals surface area contributed by atoms with Crippen molar-refractivity contribution in [2.45, 2.75) is 25.2 Å². The molecule has 116 valence electrons. The van der Waals surface area contributed by atoms with Gasteiger partial charge in [-0.05, 0) is 23.6 Å². The fourth-order valence-electron chi connectivity index (χ4n) is 3.11. The molecular weight excluding hydrogens is 284 g/mol. The quantitative estimate of drug-likeness (QED) is 0.591. The fourth-order valence-corrected chi connectivity index (χ4v) is 3.11. The van der Waals surface area contributed by atoms with Crippen LogP contribution in [0, 0.1) is 0 Å². The summed E-state index contributed by atoms with van der Waals surface area (Å²) in [7, 11) is 0. The summed E-state index contributed by atoms with van der Waals surface area (Å²) in [6.45, 7) is 1.46. The van der Waals surface area contributed by atoms with Crippen molar-refractivity contribution < 1.29 is 9.53 Å². The fraction of sp³-hybridized carbons (Fsp3) is 0.190. The summed E-state index contributed by atoms with van der Waals surface area (Å²) in [5.41, 5.74) is 2.37. The Balaban J connectivity index is 2.08. The first-order valence-corrected chi connectivity index (χ1v) is 7.90. The monoisotopic (exact) mass is 304 g/mol. The Morgan fingerprint density at radius 1 is 0.957 bits per heavy atom. The standard InChI is InChI=1S/C21H20O2/c1-16(22)23-20-15-9-8-14-19(17-10-4-2-5-11-17)21(20)18-12-6-3-7-13-18/h2-8,10-15,19,21H,9H2,1H3/t19-,21+/m1/s1. The van der Waals surface area contributed by atoms with Gasteiger partial charge in [0.15, 0.2) is 0 Å². The lowest BCUT2D eigenvalue weighted by Crippen LogP contribution is -2.15. The molecule has 0 saturated carbocycles. The molecule has 0 radical (unpaired) electrons. The molecule has 2 heteroatoms. The molecule has 2 atom stereocenters. The minimum absolute atomic E-state index is 0.00116. The predicted molar refractivity (Wildman–Crippen MR) is 92.0 cm³/mol. The molecule has 0 bridgehead atoms. The van der Waals surface area contributed by atoms with E-state index in [1.165, 1.54) is 12.5 Å². The first-order valence-electron chi connectivity index (χ1n) is 7.90. The summed E-state index contributed by atoms with van der Waals surface area (Å²) in [5.74, 6) is 0.612. The van der Waals surface area contributed by atoms with Crippen LogP contribution in [0.2, 0.25) is 0 Å². The molecule has 0 unspecified atom stereocenters. The summed E-state index contributed by atoms with van der Waals surface area (Å²) >= 11 is 0. The third-order valence-corrected chi connectivity index (χ3v) is 4.07. The van der Waals surface area contributed by atoms with Gasteiger partial charge in [0.1, 0.15) is 5.76 Å². The van der Waals surface area contributed by atoms with Crippen molar-refractivity contribution in [3.8, 4) is 0 Å². The molecule has 1 aliphatic carbocycles. The number of hydrogen-bond donors (Lipinski definition) is 0. The van der Waals surface area contributed by atoms with Crippen LogP contribution >= 0.6 is 0 Å². The van der Waals surface area contributed by atoms with E-state index in [1.807, 2.05) is 42.5 Å². The molecule has 0 aromatic heterocycles. The average Bonchev–Trinajstić information content (AvgIpc) is 2.78. The highest BCUT2D eigenvalue weighted by atomic mass is 16.5. The molecular formula is C21H20O2. The van der Waals surface area contributed by atoms with E-state index in [9.17, 15) is 4.79 Å². The summed E-state index contributed by atoms with van der Waals surface area (Å²) in [4.78, 5) is 11.6. The average molecular weight is 304 g/mol. The van der Waals surface area contributed by atoms with Crippen molar-refractivity contribution in [3.63, 3.8) is 0 Å². The molecule has 2 nitrogen and oxygen atoms in total. The molecule has 3 rings (SSSR count). The van der Waals surface area contributed by atoms with Crippen LogP contribution in [-0.4, -0.2) is 5.97 Å². The molecule has 2 aromatic rings. The smallest absolute Gasteiger partial charge is 0.307 e. The van der Waals surface area contributed by atoms with E-state index in [0.717, 1.165) is 17.7 Å². The van der Waals surface area contributed by atoms with E-state index in [1.54, 1.807) is 0 Å². The van der Waals surface area contributed by atoms with E-state index in [0.29, 0.717) is 0 Å². The van der Waals surface area contributed by atoms with Gasteiger partial charge >= 0.3 is 5.97 Å². The van der Waals surface area contributed by atoms with Gasteiger partial charge in [-0.2, -0.15) is 0 Å². The van der Waals surface area contributed by atoms with Gasteiger partial charge in [0.2, 0.25) is 0 Å². The van der Waals surface area contributed by atoms with Crippen LogP contribution in [0.25, 0.3) is 0 Å². The van der Waals surface area contributed by atoms with Crippen molar-refractivity contribution in [3.05, 3.63) is 95.8 Å². The zero-order chi connectivity index (χ0) is 16.1. The topological polar surface area (TPSA) is 26.3 Å². The molecule has 0 spiro atoms. The number of benzene rings is 2. The van der Waals surface area contributed by atoms with Crippen LogP contribution < -0.4 is 0 Å². The van der Waals surface area contributed by atoms with Gasteiger partial charge in [0, 0.05) is 12.8 Å².